The molecule has 0 aliphatic rings. The SMILES string of the molecule is Cc1cc(S(=O)(=O)Cc2ccc(Br)s2)ccc1N. The Bertz CT molecular complexity index is 677. The van der Waals surface area contributed by atoms with Gasteiger partial charge in [-0.05, 0) is 58.7 Å². The number of hydrogen-bond donors (Lipinski definition) is 1. The molecule has 0 atom stereocenters. The highest BCUT2D eigenvalue weighted by Gasteiger charge is 2.17. The standard InChI is InChI=1S/C12H12BrNO2S2/c1-8-6-10(3-4-11(8)14)18(15,16)7-9-2-5-12(13)17-9/h2-6H,7,14H2,1H3. The van der Waals surface area contributed by atoms with Crippen LogP contribution < -0.4 is 5.73 Å². The highest BCUT2D eigenvalue weighted by Crippen LogP contribution is 2.27. The lowest BCUT2D eigenvalue weighted by atomic mass is 10.2. The number of aryl methyl sites for hydroxylation is 1. The normalized spacial score (nSPS) is 11.7. The summed E-state index contributed by atoms with van der Waals surface area (Å²) in [6.45, 7) is 1.80. The largest absolute Gasteiger partial charge is 0.399 e. The second-order valence-electron chi connectivity index (χ2n) is 3.98. The zero-order valence-electron chi connectivity index (χ0n) is 9.68. The summed E-state index contributed by atoms with van der Waals surface area (Å²) in [5.41, 5.74) is 7.07. The summed E-state index contributed by atoms with van der Waals surface area (Å²) in [5, 5.41) is 0. The molecule has 96 valence electrons. The number of nitrogen functional groups attached to an aromatic ring is 1. The van der Waals surface area contributed by atoms with Gasteiger partial charge in [-0.2, -0.15) is 0 Å². The van der Waals surface area contributed by atoms with Gasteiger partial charge < -0.3 is 5.73 Å². The maximum absolute atomic E-state index is 12.2. The third kappa shape index (κ3) is 2.93. The van der Waals surface area contributed by atoms with Crippen LogP contribution in [0.5, 0.6) is 0 Å². The van der Waals surface area contributed by atoms with E-state index < -0.39 is 9.84 Å². The summed E-state index contributed by atoms with van der Waals surface area (Å²) in [6, 6.07) is 8.47. The van der Waals surface area contributed by atoms with Crippen molar-refractivity contribution in [1.82, 2.24) is 0 Å². The van der Waals surface area contributed by atoms with Gasteiger partial charge in [-0.3, -0.25) is 0 Å². The van der Waals surface area contributed by atoms with Gasteiger partial charge in [-0.15, -0.1) is 11.3 Å². The molecule has 0 bridgehead atoms. The predicted molar refractivity (Wildman–Crippen MR) is 78.5 cm³/mol. The summed E-state index contributed by atoms with van der Waals surface area (Å²) in [6.07, 6.45) is 0. The second kappa shape index (κ2) is 5.03. The molecule has 2 aromatic rings. The van der Waals surface area contributed by atoms with Crippen molar-refractivity contribution in [2.24, 2.45) is 0 Å². The minimum absolute atomic E-state index is 0.0205. The molecule has 0 fully saturated rings. The van der Waals surface area contributed by atoms with Crippen LogP contribution in [0.2, 0.25) is 0 Å². The Balaban J connectivity index is 2.33. The van der Waals surface area contributed by atoms with Crippen LogP contribution in [0.25, 0.3) is 0 Å². The summed E-state index contributed by atoms with van der Waals surface area (Å²) in [4.78, 5) is 1.13. The molecular formula is C12H12BrNO2S2. The Labute approximate surface area is 119 Å². The predicted octanol–water partition coefficient (Wildman–Crippen LogP) is 3.38. The van der Waals surface area contributed by atoms with Crippen LogP contribution in [0.15, 0.2) is 39.0 Å². The lowest BCUT2D eigenvalue weighted by Gasteiger charge is -2.06. The summed E-state index contributed by atoms with van der Waals surface area (Å²) in [7, 11) is -3.31. The van der Waals surface area contributed by atoms with Gasteiger partial charge in [-0.25, -0.2) is 8.42 Å². The van der Waals surface area contributed by atoms with E-state index in [-0.39, 0.29) is 5.75 Å². The first kappa shape index (κ1) is 13.6. The molecule has 1 heterocycles. The Morgan fingerprint density at radius 3 is 2.56 bits per heavy atom. The molecule has 2 N–H and O–H groups in total. The van der Waals surface area contributed by atoms with Crippen molar-refractivity contribution in [3.63, 3.8) is 0 Å². The van der Waals surface area contributed by atoms with E-state index in [0.29, 0.717) is 10.6 Å². The third-order valence-corrected chi connectivity index (χ3v) is 6.03. The van der Waals surface area contributed by atoms with Crippen molar-refractivity contribution in [1.29, 1.82) is 0 Å². The van der Waals surface area contributed by atoms with Gasteiger partial charge in [0.05, 0.1) is 14.4 Å². The number of rotatable bonds is 3. The highest BCUT2D eigenvalue weighted by molar-refractivity contribution is 9.11. The fourth-order valence-electron chi connectivity index (χ4n) is 1.54. The van der Waals surface area contributed by atoms with Crippen LogP contribution >= 0.6 is 27.3 Å². The third-order valence-electron chi connectivity index (χ3n) is 2.56. The van der Waals surface area contributed by atoms with Gasteiger partial charge in [0.2, 0.25) is 0 Å². The van der Waals surface area contributed by atoms with E-state index in [4.69, 9.17) is 5.73 Å². The topological polar surface area (TPSA) is 60.2 Å². The van der Waals surface area contributed by atoms with Crippen molar-refractivity contribution in [2.45, 2.75) is 17.6 Å². The first-order chi connectivity index (χ1) is 8.38. The Morgan fingerprint density at radius 1 is 1.28 bits per heavy atom. The van der Waals surface area contributed by atoms with E-state index in [0.717, 1.165) is 14.2 Å². The maximum Gasteiger partial charge on any atom is 0.183 e. The molecular weight excluding hydrogens is 334 g/mol. The van der Waals surface area contributed by atoms with Crippen LogP contribution in [-0.2, 0) is 15.6 Å². The fourth-order valence-corrected chi connectivity index (χ4v) is 4.79. The van der Waals surface area contributed by atoms with Crippen molar-refractivity contribution in [3.05, 3.63) is 44.6 Å². The number of thiophene rings is 1. The minimum atomic E-state index is -3.31. The molecule has 0 saturated heterocycles. The smallest absolute Gasteiger partial charge is 0.183 e. The second-order valence-corrected chi connectivity index (χ2v) is 8.52. The van der Waals surface area contributed by atoms with E-state index in [1.165, 1.54) is 11.3 Å². The van der Waals surface area contributed by atoms with E-state index in [2.05, 4.69) is 15.9 Å². The molecule has 6 heteroatoms. The van der Waals surface area contributed by atoms with Crippen molar-refractivity contribution in [2.75, 3.05) is 5.73 Å². The molecule has 18 heavy (non-hydrogen) atoms. The first-order valence-electron chi connectivity index (χ1n) is 5.21. The number of benzene rings is 1. The van der Waals surface area contributed by atoms with Crippen LogP contribution in [-0.4, -0.2) is 8.42 Å². The zero-order chi connectivity index (χ0) is 13.3. The molecule has 1 aromatic carbocycles. The number of sulfone groups is 1. The molecule has 0 radical (unpaired) electrons. The molecule has 0 saturated carbocycles. The maximum atomic E-state index is 12.2. The Kier molecular flexibility index (Phi) is 3.79. The van der Waals surface area contributed by atoms with E-state index in [1.54, 1.807) is 25.1 Å². The number of hydrogen-bond acceptors (Lipinski definition) is 4. The van der Waals surface area contributed by atoms with Gasteiger partial charge in [0.1, 0.15) is 0 Å². The van der Waals surface area contributed by atoms with Crippen molar-refractivity contribution < 1.29 is 8.42 Å². The fraction of sp³-hybridized carbons (Fsp3) is 0.167. The first-order valence-corrected chi connectivity index (χ1v) is 8.48. The Morgan fingerprint density at radius 2 is 2.00 bits per heavy atom. The average molecular weight is 346 g/mol. The van der Waals surface area contributed by atoms with Gasteiger partial charge in [-0.1, -0.05) is 0 Å². The van der Waals surface area contributed by atoms with Crippen molar-refractivity contribution in [3.8, 4) is 0 Å². The molecule has 0 spiro atoms. The highest BCUT2D eigenvalue weighted by atomic mass is 79.9. The molecule has 0 amide bonds. The number of halogens is 1. The average Bonchev–Trinajstić information content (AvgIpc) is 2.67. The Hall–Kier alpha value is -0.850. The van der Waals surface area contributed by atoms with Crippen molar-refractivity contribution >= 4 is 42.8 Å². The van der Waals surface area contributed by atoms with E-state index in [9.17, 15) is 8.42 Å². The molecule has 2 rings (SSSR count). The quantitative estimate of drug-likeness (QED) is 0.867. The van der Waals surface area contributed by atoms with Gasteiger partial charge >= 0.3 is 0 Å². The van der Waals surface area contributed by atoms with Gasteiger partial charge in [0.15, 0.2) is 9.84 Å². The summed E-state index contributed by atoms with van der Waals surface area (Å²) >= 11 is 4.75. The molecule has 3 nitrogen and oxygen atoms in total. The molecule has 0 aliphatic carbocycles. The summed E-state index contributed by atoms with van der Waals surface area (Å²) in [5.74, 6) is 0.0205. The molecule has 0 unspecified atom stereocenters. The van der Waals surface area contributed by atoms with Crippen LogP contribution in [0.3, 0.4) is 0 Å². The van der Waals surface area contributed by atoms with Crippen LogP contribution in [0, 0.1) is 6.92 Å². The van der Waals surface area contributed by atoms with Gasteiger partial charge in [0, 0.05) is 10.6 Å². The molecule has 0 aliphatic heterocycles. The monoisotopic (exact) mass is 345 g/mol. The minimum Gasteiger partial charge on any atom is -0.399 e. The lowest BCUT2D eigenvalue weighted by Crippen LogP contribution is -2.04. The van der Waals surface area contributed by atoms with Gasteiger partial charge in [0.25, 0.3) is 0 Å². The van der Waals surface area contributed by atoms with E-state index >= 15 is 0 Å². The van der Waals surface area contributed by atoms with Crippen LogP contribution in [0.1, 0.15) is 10.4 Å². The summed E-state index contributed by atoms with van der Waals surface area (Å²) < 4.78 is 25.4. The number of nitrogens with two attached hydrogens (primary N) is 1. The lowest BCUT2D eigenvalue weighted by molar-refractivity contribution is 0.595. The van der Waals surface area contributed by atoms with E-state index in [1.807, 2.05) is 12.1 Å². The zero-order valence-corrected chi connectivity index (χ0v) is 12.9. The number of anilines is 1. The molecule has 1 aromatic heterocycles. The van der Waals surface area contributed by atoms with Crippen LogP contribution in [0.4, 0.5) is 5.69 Å².